The summed E-state index contributed by atoms with van der Waals surface area (Å²) < 4.78 is 5.16. The van der Waals surface area contributed by atoms with E-state index in [-0.39, 0.29) is 5.97 Å². The summed E-state index contributed by atoms with van der Waals surface area (Å²) >= 11 is 0. The van der Waals surface area contributed by atoms with E-state index in [1.807, 2.05) is 25.9 Å². The maximum atomic E-state index is 11.6. The highest BCUT2D eigenvalue weighted by atomic mass is 16.5. The molecule has 0 aliphatic carbocycles. The number of carbonyl (C=O) groups is 1. The molecule has 3 nitrogen and oxygen atoms in total. The number of hydrogen-bond donors (Lipinski definition) is 0. The minimum Gasteiger partial charge on any atom is -0.461 e. The number of allylic oxidation sites excluding steroid dienone is 1. The number of hydrogen-bond acceptors (Lipinski definition) is 3. The van der Waals surface area contributed by atoms with Gasteiger partial charge in [0.25, 0.3) is 0 Å². The lowest BCUT2D eigenvalue weighted by atomic mass is 10.1. The van der Waals surface area contributed by atoms with Crippen molar-refractivity contribution < 1.29 is 9.53 Å². The predicted molar refractivity (Wildman–Crippen MR) is 62.8 cm³/mol. The van der Waals surface area contributed by atoms with Gasteiger partial charge in [-0.05, 0) is 33.9 Å². The molecule has 15 heavy (non-hydrogen) atoms. The molecule has 0 bridgehead atoms. The van der Waals surface area contributed by atoms with Crippen LogP contribution in [0.2, 0.25) is 0 Å². The fourth-order valence-corrected chi connectivity index (χ4v) is 1.35. The van der Waals surface area contributed by atoms with Gasteiger partial charge in [0.15, 0.2) is 0 Å². The topological polar surface area (TPSA) is 29.5 Å². The normalized spacial score (nSPS) is 10.3. The van der Waals surface area contributed by atoms with Gasteiger partial charge >= 0.3 is 5.97 Å². The van der Waals surface area contributed by atoms with E-state index in [0.717, 1.165) is 25.0 Å². The van der Waals surface area contributed by atoms with Gasteiger partial charge in [-0.25, -0.2) is 4.79 Å². The van der Waals surface area contributed by atoms with E-state index in [4.69, 9.17) is 4.74 Å². The lowest BCUT2D eigenvalue weighted by Gasteiger charge is -2.11. The van der Waals surface area contributed by atoms with Gasteiger partial charge in [-0.1, -0.05) is 19.4 Å². The Morgan fingerprint density at radius 1 is 1.20 bits per heavy atom. The Labute approximate surface area is 93.1 Å². The number of esters is 1. The second-order valence-corrected chi connectivity index (χ2v) is 3.87. The first-order valence-corrected chi connectivity index (χ1v) is 5.53. The molecule has 3 heteroatoms. The van der Waals surface area contributed by atoms with Crippen molar-refractivity contribution in [2.75, 3.05) is 27.2 Å². The number of carbonyl (C=O) groups excluding carboxylic acids is 1. The zero-order chi connectivity index (χ0) is 11.8. The second-order valence-electron chi connectivity index (χ2n) is 3.87. The molecule has 0 heterocycles. The third kappa shape index (κ3) is 5.57. The van der Waals surface area contributed by atoms with E-state index in [9.17, 15) is 4.79 Å². The van der Waals surface area contributed by atoms with E-state index < -0.39 is 0 Å². The minimum absolute atomic E-state index is 0.171. The van der Waals surface area contributed by atoms with E-state index in [0.29, 0.717) is 6.61 Å². The van der Waals surface area contributed by atoms with Crippen LogP contribution in [0.4, 0.5) is 0 Å². The zero-order valence-electron chi connectivity index (χ0n) is 10.6. The second kappa shape index (κ2) is 7.46. The first-order valence-electron chi connectivity index (χ1n) is 5.53. The third-order valence-corrected chi connectivity index (χ3v) is 2.46. The molecule has 0 spiro atoms. The molecule has 0 atom stereocenters. The van der Waals surface area contributed by atoms with Crippen LogP contribution in [0.1, 0.15) is 33.6 Å². The van der Waals surface area contributed by atoms with Crippen LogP contribution in [0.15, 0.2) is 11.1 Å². The Balaban J connectivity index is 4.14. The van der Waals surface area contributed by atoms with Crippen molar-refractivity contribution in [1.29, 1.82) is 0 Å². The quantitative estimate of drug-likeness (QED) is 0.500. The van der Waals surface area contributed by atoms with Gasteiger partial charge in [0.2, 0.25) is 0 Å². The molecule has 0 saturated heterocycles. The summed E-state index contributed by atoms with van der Waals surface area (Å²) in [6.07, 6.45) is 1.84. The molecule has 0 radical (unpaired) electrons. The molecule has 0 aromatic carbocycles. The highest BCUT2D eigenvalue weighted by molar-refractivity contribution is 5.88. The molecule has 0 N–H and O–H groups in total. The van der Waals surface area contributed by atoms with Crippen molar-refractivity contribution in [3.05, 3.63) is 11.1 Å². The standard InChI is InChI=1S/C12H23NO2/c1-6-11(7-2)10(3)12(14)15-9-8-13(4)5/h6-9H2,1-5H3. The van der Waals surface area contributed by atoms with Gasteiger partial charge in [0.1, 0.15) is 6.61 Å². The van der Waals surface area contributed by atoms with Crippen molar-refractivity contribution in [2.24, 2.45) is 0 Å². The minimum atomic E-state index is -0.171. The Morgan fingerprint density at radius 3 is 2.13 bits per heavy atom. The summed E-state index contributed by atoms with van der Waals surface area (Å²) in [5.74, 6) is -0.171. The summed E-state index contributed by atoms with van der Waals surface area (Å²) in [4.78, 5) is 13.6. The highest BCUT2D eigenvalue weighted by Crippen LogP contribution is 2.13. The van der Waals surface area contributed by atoms with Crippen LogP contribution in [0.5, 0.6) is 0 Å². The molecule has 0 amide bonds. The number of likely N-dealkylation sites (N-methyl/N-ethyl adjacent to an activating group) is 1. The van der Waals surface area contributed by atoms with Crippen molar-refractivity contribution in [3.8, 4) is 0 Å². The van der Waals surface area contributed by atoms with Crippen molar-refractivity contribution in [1.82, 2.24) is 4.90 Å². The van der Waals surface area contributed by atoms with Gasteiger partial charge in [-0.3, -0.25) is 0 Å². The van der Waals surface area contributed by atoms with Gasteiger partial charge in [-0.15, -0.1) is 0 Å². The summed E-state index contributed by atoms with van der Waals surface area (Å²) in [7, 11) is 3.92. The first-order chi connectivity index (χ1) is 7.02. The summed E-state index contributed by atoms with van der Waals surface area (Å²) in [6, 6.07) is 0. The van der Waals surface area contributed by atoms with E-state index >= 15 is 0 Å². The molecular formula is C12H23NO2. The first kappa shape index (κ1) is 14.2. The lowest BCUT2D eigenvalue weighted by Crippen LogP contribution is -2.20. The highest BCUT2D eigenvalue weighted by Gasteiger charge is 2.09. The summed E-state index contributed by atoms with van der Waals surface area (Å²) in [5.41, 5.74) is 1.96. The average Bonchev–Trinajstić information content (AvgIpc) is 2.18. The molecule has 0 aliphatic rings. The van der Waals surface area contributed by atoms with Gasteiger partial charge < -0.3 is 9.64 Å². The van der Waals surface area contributed by atoms with Crippen LogP contribution >= 0.6 is 0 Å². The molecular weight excluding hydrogens is 190 g/mol. The molecule has 88 valence electrons. The van der Waals surface area contributed by atoms with E-state index in [1.165, 1.54) is 5.57 Å². The van der Waals surface area contributed by atoms with Gasteiger partial charge in [0.05, 0.1) is 0 Å². The predicted octanol–water partition coefficient (Wildman–Crippen LogP) is 2.23. The van der Waals surface area contributed by atoms with Crippen LogP contribution in [-0.4, -0.2) is 38.1 Å². The summed E-state index contributed by atoms with van der Waals surface area (Å²) in [6.45, 7) is 7.21. The number of ether oxygens (including phenoxy) is 1. The van der Waals surface area contributed by atoms with Crippen molar-refractivity contribution in [2.45, 2.75) is 33.6 Å². The number of rotatable bonds is 6. The van der Waals surface area contributed by atoms with Crippen LogP contribution in [0.25, 0.3) is 0 Å². The molecule has 0 aromatic heterocycles. The van der Waals surface area contributed by atoms with Crippen LogP contribution in [0, 0.1) is 0 Å². The number of nitrogens with zero attached hydrogens (tertiary/aromatic N) is 1. The van der Waals surface area contributed by atoms with E-state index in [2.05, 4.69) is 13.8 Å². The monoisotopic (exact) mass is 213 g/mol. The molecule has 0 fully saturated rings. The average molecular weight is 213 g/mol. The lowest BCUT2D eigenvalue weighted by molar-refractivity contribution is -0.139. The molecule has 0 unspecified atom stereocenters. The third-order valence-electron chi connectivity index (χ3n) is 2.46. The largest absolute Gasteiger partial charge is 0.461 e. The Morgan fingerprint density at radius 2 is 1.73 bits per heavy atom. The Bertz CT molecular complexity index is 226. The molecule has 0 aromatic rings. The molecule has 0 saturated carbocycles. The van der Waals surface area contributed by atoms with Crippen LogP contribution < -0.4 is 0 Å². The Kier molecular flexibility index (Phi) is 7.05. The maximum absolute atomic E-state index is 11.6. The van der Waals surface area contributed by atoms with Crippen LogP contribution in [-0.2, 0) is 9.53 Å². The SMILES string of the molecule is CCC(CC)=C(C)C(=O)OCCN(C)C. The van der Waals surface area contributed by atoms with Crippen LogP contribution in [0.3, 0.4) is 0 Å². The smallest absolute Gasteiger partial charge is 0.333 e. The zero-order valence-corrected chi connectivity index (χ0v) is 10.6. The fourth-order valence-electron chi connectivity index (χ4n) is 1.35. The van der Waals surface area contributed by atoms with Gasteiger partial charge in [-0.2, -0.15) is 0 Å². The fraction of sp³-hybridized carbons (Fsp3) is 0.750. The maximum Gasteiger partial charge on any atom is 0.333 e. The Hall–Kier alpha value is -0.830. The van der Waals surface area contributed by atoms with Crippen molar-refractivity contribution >= 4 is 5.97 Å². The molecule has 0 rings (SSSR count). The van der Waals surface area contributed by atoms with Gasteiger partial charge in [0, 0.05) is 12.1 Å². The summed E-state index contributed by atoms with van der Waals surface area (Å²) in [5, 5.41) is 0. The van der Waals surface area contributed by atoms with E-state index in [1.54, 1.807) is 0 Å². The van der Waals surface area contributed by atoms with Crippen molar-refractivity contribution in [3.63, 3.8) is 0 Å². The molecule has 0 aliphatic heterocycles.